The van der Waals surface area contributed by atoms with E-state index in [-0.39, 0.29) is 5.56 Å². The van der Waals surface area contributed by atoms with Gasteiger partial charge in [-0.3, -0.25) is 10.1 Å². The number of nitrogens with zero attached hydrogens (tertiary/aromatic N) is 1. The van der Waals surface area contributed by atoms with Crippen LogP contribution in [-0.2, 0) is 5.41 Å². The van der Waals surface area contributed by atoms with Crippen LogP contribution in [0.5, 0.6) is 0 Å². The summed E-state index contributed by atoms with van der Waals surface area (Å²) in [7, 11) is 0. The van der Waals surface area contributed by atoms with Crippen LogP contribution < -0.4 is 0 Å². The lowest BCUT2D eigenvalue weighted by Gasteiger charge is -2.19. The van der Waals surface area contributed by atoms with Gasteiger partial charge in [-0.2, -0.15) is 4.39 Å². The molecule has 3 nitrogen and oxygen atoms in total. The van der Waals surface area contributed by atoms with Gasteiger partial charge in [0.25, 0.3) is 0 Å². The van der Waals surface area contributed by atoms with E-state index in [0.29, 0.717) is 0 Å². The highest BCUT2D eigenvalue weighted by atomic mass is 19.2. The Balaban J connectivity index is 3.41. The largest absolute Gasteiger partial charge is 0.307 e. The summed E-state index contributed by atoms with van der Waals surface area (Å²) in [6.07, 6.45) is 0. The molecule has 1 aromatic carbocycles. The summed E-state index contributed by atoms with van der Waals surface area (Å²) in [5.74, 6) is -2.54. The van der Waals surface area contributed by atoms with Crippen LogP contribution in [0.4, 0.5) is 14.5 Å². The van der Waals surface area contributed by atoms with Gasteiger partial charge < -0.3 is 0 Å². The smallest absolute Gasteiger partial charge is 0.258 e. The highest BCUT2D eigenvalue weighted by Gasteiger charge is 2.26. The van der Waals surface area contributed by atoms with E-state index < -0.39 is 27.7 Å². The molecule has 0 N–H and O–H groups in total. The van der Waals surface area contributed by atoms with E-state index in [0.717, 1.165) is 6.07 Å². The molecule has 0 atom stereocenters. The molecule has 0 amide bonds. The summed E-state index contributed by atoms with van der Waals surface area (Å²) >= 11 is 0. The Bertz CT molecular complexity index is 411. The lowest BCUT2D eigenvalue weighted by molar-refractivity contribution is -0.387. The van der Waals surface area contributed by atoms with Gasteiger partial charge >= 0.3 is 5.69 Å². The fourth-order valence-corrected chi connectivity index (χ4v) is 1.26. The number of hydrogen-bond acceptors (Lipinski definition) is 2. The van der Waals surface area contributed by atoms with Crippen LogP contribution in [-0.4, -0.2) is 4.92 Å². The van der Waals surface area contributed by atoms with Gasteiger partial charge in [-0.05, 0) is 17.0 Å². The summed E-state index contributed by atoms with van der Waals surface area (Å²) in [6.45, 7) is 5.12. The third kappa shape index (κ3) is 2.11. The standard InChI is InChI=1S/C10H11F2NO2/c1-10(2,3)6-4-5-7(13(14)15)9(12)8(6)11/h4-5H,1-3H3. The molecule has 0 saturated heterocycles. The number of halogens is 2. The van der Waals surface area contributed by atoms with Crippen LogP contribution in [0.25, 0.3) is 0 Å². The van der Waals surface area contributed by atoms with Gasteiger partial charge in [-0.15, -0.1) is 0 Å². The first-order chi connectivity index (χ1) is 6.75. The highest BCUT2D eigenvalue weighted by molar-refractivity contribution is 5.38. The summed E-state index contributed by atoms with van der Waals surface area (Å²) in [5.41, 5.74) is -1.29. The van der Waals surface area contributed by atoms with E-state index in [2.05, 4.69) is 0 Å². The molecule has 1 rings (SSSR count). The Morgan fingerprint density at radius 2 is 1.73 bits per heavy atom. The summed E-state index contributed by atoms with van der Waals surface area (Å²) in [4.78, 5) is 9.39. The second-order valence-electron chi connectivity index (χ2n) is 4.27. The summed E-state index contributed by atoms with van der Waals surface area (Å²) < 4.78 is 26.7. The van der Waals surface area contributed by atoms with Crippen molar-refractivity contribution in [3.05, 3.63) is 39.4 Å². The van der Waals surface area contributed by atoms with Crippen LogP contribution in [0.15, 0.2) is 12.1 Å². The third-order valence-electron chi connectivity index (χ3n) is 2.07. The van der Waals surface area contributed by atoms with Gasteiger partial charge in [0, 0.05) is 6.07 Å². The molecule has 0 bridgehead atoms. The zero-order valence-corrected chi connectivity index (χ0v) is 8.67. The zero-order chi connectivity index (χ0) is 11.8. The molecule has 5 heteroatoms. The predicted molar refractivity (Wildman–Crippen MR) is 51.7 cm³/mol. The first-order valence-corrected chi connectivity index (χ1v) is 4.38. The van der Waals surface area contributed by atoms with Crippen molar-refractivity contribution in [3.8, 4) is 0 Å². The van der Waals surface area contributed by atoms with Gasteiger partial charge in [-0.1, -0.05) is 20.8 Å². The van der Waals surface area contributed by atoms with Crippen molar-refractivity contribution < 1.29 is 13.7 Å². The predicted octanol–water partition coefficient (Wildman–Crippen LogP) is 3.17. The molecular weight excluding hydrogens is 204 g/mol. The van der Waals surface area contributed by atoms with Gasteiger partial charge in [-0.25, -0.2) is 4.39 Å². The van der Waals surface area contributed by atoms with Crippen molar-refractivity contribution in [1.29, 1.82) is 0 Å². The number of hydrogen-bond donors (Lipinski definition) is 0. The summed E-state index contributed by atoms with van der Waals surface area (Å²) in [6, 6.07) is 2.23. The Labute approximate surface area is 85.9 Å². The molecule has 0 unspecified atom stereocenters. The zero-order valence-electron chi connectivity index (χ0n) is 8.67. The molecule has 0 aromatic heterocycles. The Kier molecular flexibility index (Phi) is 2.75. The van der Waals surface area contributed by atoms with E-state index in [4.69, 9.17) is 0 Å². The maximum absolute atomic E-state index is 13.4. The molecule has 0 saturated carbocycles. The first-order valence-electron chi connectivity index (χ1n) is 4.38. The van der Waals surface area contributed by atoms with Crippen LogP contribution in [0, 0.1) is 21.7 Å². The number of nitro benzene ring substituents is 1. The lowest BCUT2D eigenvalue weighted by Crippen LogP contribution is -2.15. The minimum absolute atomic E-state index is 0.130. The fourth-order valence-electron chi connectivity index (χ4n) is 1.26. The topological polar surface area (TPSA) is 43.1 Å². The third-order valence-corrected chi connectivity index (χ3v) is 2.07. The maximum atomic E-state index is 13.4. The molecule has 0 radical (unpaired) electrons. The van der Waals surface area contributed by atoms with Crippen molar-refractivity contribution in [3.63, 3.8) is 0 Å². The Morgan fingerprint density at radius 1 is 1.20 bits per heavy atom. The molecule has 15 heavy (non-hydrogen) atoms. The van der Waals surface area contributed by atoms with Crippen molar-refractivity contribution in [2.24, 2.45) is 0 Å². The van der Waals surface area contributed by atoms with Gasteiger partial charge in [0.15, 0.2) is 5.82 Å². The molecule has 82 valence electrons. The SMILES string of the molecule is CC(C)(C)c1ccc([N+](=O)[O-])c(F)c1F. The Morgan fingerprint density at radius 3 is 2.13 bits per heavy atom. The molecular formula is C10H11F2NO2. The first kappa shape index (κ1) is 11.6. The van der Waals surface area contributed by atoms with Gasteiger partial charge in [0.1, 0.15) is 0 Å². The van der Waals surface area contributed by atoms with E-state index in [1.807, 2.05) is 0 Å². The maximum Gasteiger partial charge on any atom is 0.307 e. The normalized spacial score (nSPS) is 11.5. The molecule has 1 aromatic rings. The van der Waals surface area contributed by atoms with Crippen molar-refractivity contribution >= 4 is 5.69 Å². The van der Waals surface area contributed by atoms with E-state index >= 15 is 0 Å². The van der Waals surface area contributed by atoms with E-state index in [1.165, 1.54) is 6.07 Å². The monoisotopic (exact) mass is 215 g/mol. The number of benzene rings is 1. The Hall–Kier alpha value is -1.52. The minimum Gasteiger partial charge on any atom is -0.258 e. The molecule has 0 aliphatic heterocycles. The van der Waals surface area contributed by atoms with E-state index in [9.17, 15) is 18.9 Å². The second kappa shape index (κ2) is 3.56. The lowest BCUT2D eigenvalue weighted by atomic mass is 9.86. The molecule has 0 spiro atoms. The fraction of sp³-hybridized carbons (Fsp3) is 0.400. The average Bonchev–Trinajstić information content (AvgIpc) is 2.06. The van der Waals surface area contributed by atoms with Crippen LogP contribution in [0.1, 0.15) is 26.3 Å². The molecule has 0 aliphatic carbocycles. The molecule has 0 fully saturated rings. The summed E-state index contributed by atoms with van der Waals surface area (Å²) in [5, 5.41) is 10.3. The van der Waals surface area contributed by atoms with Crippen LogP contribution in [0.2, 0.25) is 0 Å². The van der Waals surface area contributed by atoms with Crippen LogP contribution in [0.3, 0.4) is 0 Å². The highest BCUT2D eigenvalue weighted by Crippen LogP contribution is 2.30. The minimum atomic E-state index is -1.40. The molecule has 0 aliphatic rings. The number of rotatable bonds is 1. The van der Waals surface area contributed by atoms with Crippen molar-refractivity contribution in [1.82, 2.24) is 0 Å². The van der Waals surface area contributed by atoms with E-state index in [1.54, 1.807) is 20.8 Å². The molecule has 0 heterocycles. The van der Waals surface area contributed by atoms with Crippen LogP contribution >= 0.6 is 0 Å². The van der Waals surface area contributed by atoms with Gasteiger partial charge in [0.2, 0.25) is 5.82 Å². The average molecular weight is 215 g/mol. The second-order valence-corrected chi connectivity index (χ2v) is 4.27. The van der Waals surface area contributed by atoms with Crippen molar-refractivity contribution in [2.45, 2.75) is 26.2 Å². The quantitative estimate of drug-likeness (QED) is 0.533. The van der Waals surface area contributed by atoms with Gasteiger partial charge in [0.05, 0.1) is 4.92 Å². The number of nitro groups is 1. The van der Waals surface area contributed by atoms with Crippen molar-refractivity contribution in [2.75, 3.05) is 0 Å².